The average Bonchev–Trinajstić information content (AvgIpc) is 2.81. The maximum absolute atomic E-state index is 10.2. The Hall–Kier alpha value is -0.480. The number of aryl methyl sites for hydroxylation is 1. The van der Waals surface area contributed by atoms with Crippen LogP contribution in [-0.4, -0.2) is 30.4 Å². The first-order valence-corrected chi connectivity index (χ1v) is 7.33. The lowest BCUT2D eigenvalue weighted by Crippen LogP contribution is -2.42. The summed E-state index contributed by atoms with van der Waals surface area (Å²) in [6.07, 6.45) is 1.31. The highest BCUT2D eigenvalue weighted by Gasteiger charge is 2.39. The molecule has 20 heavy (non-hydrogen) atoms. The molecular formula is C15H21Cl2NO2. The Balaban J connectivity index is 0.00000147. The number of fused-ring (bicyclic) bond motifs is 1. The van der Waals surface area contributed by atoms with Gasteiger partial charge in [0.1, 0.15) is 11.9 Å². The molecule has 112 valence electrons. The lowest BCUT2D eigenvalue weighted by atomic mass is 9.78. The molecule has 4 atom stereocenters. The maximum atomic E-state index is 10.2. The van der Waals surface area contributed by atoms with E-state index in [0.29, 0.717) is 11.8 Å². The van der Waals surface area contributed by atoms with Crippen LogP contribution in [0.4, 0.5) is 0 Å². The number of hydrogen-bond acceptors (Lipinski definition) is 3. The molecule has 0 spiro atoms. The summed E-state index contributed by atoms with van der Waals surface area (Å²) in [5.74, 6) is 2.05. The van der Waals surface area contributed by atoms with E-state index in [9.17, 15) is 5.11 Å². The van der Waals surface area contributed by atoms with Gasteiger partial charge in [-0.3, -0.25) is 0 Å². The largest absolute Gasteiger partial charge is 0.488 e. The number of nitrogens with one attached hydrogen (secondary N) is 1. The fourth-order valence-electron chi connectivity index (χ4n) is 3.25. The summed E-state index contributed by atoms with van der Waals surface area (Å²) >= 11 is 6.01. The highest BCUT2D eigenvalue weighted by atomic mass is 35.5. The van der Waals surface area contributed by atoms with E-state index in [1.807, 2.05) is 25.1 Å². The smallest absolute Gasteiger partial charge is 0.125 e. The van der Waals surface area contributed by atoms with Gasteiger partial charge in [0.15, 0.2) is 0 Å². The van der Waals surface area contributed by atoms with Crippen molar-refractivity contribution in [1.82, 2.24) is 5.32 Å². The molecule has 2 aliphatic rings. The van der Waals surface area contributed by atoms with Gasteiger partial charge in [-0.1, -0.05) is 11.6 Å². The van der Waals surface area contributed by atoms with Gasteiger partial charge in [0.2, 0.25) is 0 Å². The van der Waals surface area contributed by atoms with Crippen LogP contribution < -0.4 is 10.1 Å². The van der Waals surface area contributed by atoms with Crippen LogP contribution in [-0.2, 0) is 0 Å². The SMILES string of the molecule is Cc1cc(O[C@@H]2C[C@@H]3CNC[C@@H]3C[C@H]2O)ccc1Cl.Cl. The van der Waals surface area contributed by atoms with Crippen molar-refractivity contribution < 1.29 is 9.84 Å². The second kappa shape index (κ2) is 6.52. The Labute approximate surface area is 131 Å². The van der Waals surface area contributed by atoms with Crippen molar-refractivity contribution in [3.63, 3.8) is 0 Å². The second-order valence-corrected chi connectivity index (χ2v) is 6.19. The summed E-state index contributed by atoms with van der Waals surface area (Å²) < 4.78 is 5.98. The molecule has 2 N–H and O–H groups in total. The molecule has 2 fully saturated rings. The molecule has 1 aromatic carbocycles. The molecule has 1 saturated carbocycles. The normalized spacial score (nSPS) is 32.4. The Bertz CT molecular complexity index is 469. The predicted molar refractivity (Wildman–Crippen MR) is 82.9 cm³/mol. The van der Waals surface area contributed by atoms with Crippen LogP contribution in [0.5, 0.6) is 5.75 Å². The number of benzene rings is 1. The molecule has 3 rings (SSSR count). The van der Waals surface area contributed by atoms with Crippen molar-refractivity contribution in [2.24, 2.45) is 11.8 Å². The molecule has 1 saturated heterocycles. The summed E-state index contributed by atoms with van der Waals surface area (Å²) in [5, 5.41) is 14.4. The van der Waals surface area contributed by atoms with Crippen molar-refractivity contribution >= 4 is 24.0 Å². The summed E-state index contributed by atoms with van der Waals surface area (Å²) in [6, 6.07) is 5.66. The maximum Gasteiger partial charge on any atom is 0.125 e. The van der Waals surface area contributed by atoms with E-state index in [4.69, 9.17) is 16.3 Å². The van der Waals surface area contributed by atoms with Crippen molar-refractivity contribution in [3.05, 3.63) is 28.8 Å². The zero-order chi connectivity index (χ0) is 13.4. The molecule has 1 aromatic rings. The number of aliphatic hydroxyl groups is 1. The van der Waals surface area contributed by atoms with Gasteiger partial charge in [-0.25, -0.2) is 0 Å². The Morgan fingerprint density at radius 2 is 1.95 bits per heavy atom. The zero-order valence-electron chi connectivity index (χ0n) is 11.5. The van der Waals surface area contributed by atoms with Crippen LogP contribution in [0.3, 0.4) is 0 Å². The van der Waals surface area contributed by atoms with Gasteiger partial charge in [0, 0.05) is 5.02 Å². The van der Waals surface area contributed by atoms with E-state index < -0.39 is 0 Å². The third-order valence-electron chi connectivity index (χ3n) is 4.41. The van der Waals surface area contributed by atoms with E-state index in [1.165, 1.54) is 0 Å². The number of hydrogen-bond donors (Lipinski definition) is 2. The summed E-state index contributed by atoms with van der Waals surface area (Å²) in [7, 11) is 0. The minimum absolute atomic E-state index is 0. The molecule has 5 heteroatoms. The molecule has 0 unspecified atom stereocenters. The molecule has 3 nitrogen and oxygen atoms in total. The third kappa shape index (κ3) is 3.22. The van der Waals surface area contributed by atoms with E-state index in [2.05, 4.69) is 5.32 Å². The third-order valence-corrected chi connectivity index (χ3v) is 4.83. The van der Waals surface area contributed by atoms with Gasteiger partial charge in [-0.05, 0) is 68.5 Å². The Kier molecular flexibility index (Phi) is 5.19. The lowest BCUT2D eigenvalue weighted by molar-refractivity contribution is -0.0231. The molecule has 1 aliphatic heterocycles. The van der Waals surface area contributed by atoms with Crippen molar-refractivity contribution in [2.75, 3.05) is 13.1 Å². The first kappa shape index (κ1) is 15.9. The van der Waals surface area contributed by atoms with Crippen LogP contribution >= 0.6 is 24.0 Å². The average molecular weight is 318 g/mol. The van der Waals surface area contributed by atoms with Gasteiger partial charge >= 0.3 is 0 Å². The molecule has 0 radical (unpaired) electrons. The van der Waals surface area contributed by atoms with Gasteiger partial charge < -0.3 is 15.2 Å². The molecular weight excluding hydrogens is 297 g/mol. The minimum Gasteiger partial charge on any atom is -0.488 e. The van der Waals surface area contributed by atoms with Crippen LogP contribution in [0.2, 0.25) is 5.02 Å². The predicted octanol–water partition coefficient (Wildman–Crippen LogP) is 2.81. The van der Waals surface area contributed by atoms with Gasteiger partial charge in [-0.15, -0.1) is 12.4 Å². The standard InChI is InChI=1S/C15H20ClNO2.ClH/c1-9-4-12(2-3-13(9)16)19-15-6-11-8-17-7-10(11)5-14(15)18;/h2-4,10-11,14-15,17-18H,5-8H2,1H3;1H/t10-,11+,14+,15+;/m0./s1. The zero-order valence-corrected chi connectivity index (χ0v) is 13.1. The summed E-state index contributed by atoms with van der Waals surface area (Å²) in [5.41, 5.74) is 1.00. The number of halogens is 2. The molecule has 1 aliphatic carbocycles. The van der Waals surface area contributed by atoms with E-state index in [0.717, 1.165) is 42.3 Å². The first-order valence-electron chi connectivity index (χ1n) is 6.95. The quantitative estimate of drug-likeness (QED) is 0.881. The second-order valence-electron chi connectivity index (χ2n) is 5.78. The Morgan fingerprint density at radius 1 is 1.25 bits per heavy atom. The van der Waals surface area contributed by atoms with E-state index in [-0.39, 0.29) is 24.6 Å². The first-order chi connectivity index (χ1) is 9.13. The number of rotatable bonds is 2. The van der Waals surface area contributed by atoms with Crippen molar-refractivity contribution in [1.29, 1.82) is 0 Å². The molecule has 1 heterocycles. The van der Waals surface area contributed by atoms with Crippen LogP contribution in [0.15, 0.2) is 18.2 Å². The van der Waals surface area contributed by atoms with E-state index >= 15 is 0 Å². The molecule has 0 aromatic heterocycles. The van der Waals surface area contributed by atoms with Gasteiger partial charge in [0.25, 0.3) is 0 Å². The molecule has 0 amide bonds. The highest BCUT2D eigenvalue weighted by Crippen LogP contribution is 2.35. The highest BCUT2D eigenvalue weighted by molar-refractivity contribution is 6.31. The van der Waals surface area contributed by atoms with E-state index in [1.54, 1.807) is 0 Å². The Morgan fingerprint density at radius 3 is 2.65 bits per heavy atom. The number of aliphatic hydroxyl groups excluding tert-OH is 1. The van der Waals surface area contributed by atoms with Gasteiger partial charge in [0.05, 0.1) is 6.10 Å². The fourth-order valence-corrected chi connectivity index (χ4v) is 3.37. The molecule has 0 bridgehead atoms. The van der Waals surface area contributed by atoms with Crippen LogP contribution in [0.25, 0.3) is 0 Å². The van der Waals surface area contributed by atoms with Crippen molar-refractivity contribution in [2.45, 2.75) is 32.0 Å². The lowest BCUT2D eigenvalue weighted by Gasteiger charge is -2.35. The van der Waals surface area contributed by atoms with Crippen LogP contribution in [0, 0.1) is 18.8 Å². The number of ether oxygens (including phenoxy) is 1. The van der Waals surface area contributed by atoms with Crippen LogP contribution in [0.1, 0.15) is 18.4 Å². The summed E-state index contributed by atoms with van der Waals surface area (Å²) in [4.78, 5) is 0. The monoisotopic (exact) mass is 317 g/mol. The fraction of sp³-hybridized carbons (Fsp3) is 0.600. The summed E-state index contributed by atoms with van der Waals surface area (Å²) in [6.45, 7) is 4.05. The van der Waals surface area contributed by atoms with Gasteiger partial charge in [-0.2, -0.15) is 0 Å². The van der Waals surface area contributed by atoms with Crippen molar-refractivity contribution in [3.8, 4) is 5.75 Å². The minimum atomic E-state index is -0.364. The topological polar surface area (TPSA) is 41.5 Å².